The van der Waals surface area contributed by atoms with Gasteiger partial charge < -0.3 is 5.32 Å². The Morgan fingerprint density at radius 2 is 2.25 bits per heavy atom. The van der Waals surface area contributed by atoms with Crippen LogP contribution < -0.4 is 5.32 Å². The maximum Gasteiger partial charge on any atom is 0.00683 e. The molecule has 0 aliphatic heterocycles. The van der Waals surface area contributed by atoms with Crippen LogP contribution in [-0.2, 0) is 0 Å². The first-order chi connectivity index (χ1) is 7.75. The monoisotopic (exact) mass is 215 g/mol. The Hall–Kier alpha value is -1.08. The third kappa shape index (κ3) is 3.49. The standard InChI is InChI=1S/C15H21N/c1-12-5-3-7-14(11-12)13(2)6-4-10-16-15-8-9-15/h3,5-7,11,15-16H,4,8-10H2,1-2H3. The van der Waals surface area contributed by atoms with Crippen molar-refractivity contribution in [1.29, 1.82) is 0 Å². The summed E-state index contributed by atoms with van der Waals surface area (Å²) in [5.41, 5.74) is 4.08. The molecule has 1 nitrogen and oxygen atoms in total. The van der Waals surface area contributed by atoms with Gasteiger partial charge in [-0.2, -0.15) is 0 Å². The van der Waals surface area contributed by atoms with Gasteiger partial charge in [-0.15, -0.1) is 0 Å². The smallest absolute Gasteiger partial charge is 0.00683 e. The van der Waals surface area contributed by atoms with Crippen molar-refractivity contribution in [3.63, 3.8) is 0 Å². The van der Waals surface area contributed by atoms with E-state index in [1.54, 1.807) is 0 Å². The number of aryl methyl sites for hydroxylation is 1. The summed E-state index contributed by atoms with van der Waals surface area (Å²) >= 11 is 0. The van der Waals surface area contributed by atoms with Crippen LogP contribution in [0.1, 0.15) is 37.3 Å². The lowest BCUT2D eigenvalue weighted by molar-refractivity contribution is 0.690. The normalized spacial score (nSPS) is 16.5. The fourth-order valence-electron chi connectivity index (χ4n) is 1.87. The lowest BCUT2D eigenvalue weighted by Gasteiger charge is -2.04. The molecule has 1 aromatic rings. The number of benzene rings is 1. The van der Waals surface area contributed by atoms with Gasteiger partial charge in [0.1, 0.15) is 0 Å². The average molecular weight is 215 g/mol. The molecule has 0 unspecified atom stereocenters. The molecule has 86 valence electrons. The molecular formula is C15H21N. The van der Waals surface area contributed by atoms with Crippen molar-refractivity contribution in [2.24, 2.45) is 0 Å². The molecule has 0 aromatic heterocycles. The highest BCUT2D eigenvalue weighted by Crippen LogP contribution is 2.19. The molecule has 0 radical (unpaired) electrons. The van der Waals surface area contributed by atoms with Crippen molar-refractivity contribution in [2.45, 2.75) is 39.2 Å². The van der Waals surface area contributed by atoms with E-state index < -0.39 is 0 Å². The first-order valence-corrected chi connectivity index (χ1v) is 6.23. The highest BCUT2D eigenvalue weighted by Gasteiger charge is 2.19. The topological polar surface area (TPSA) is 12.0 Å². The summed E-state index contributed by atoms with van der Waals surface area (Å²) in [5, 5.41) is 3.53. The van der Waals surface area contributed by atoms with Gasteiger partial charge in [0, 0.05) is 6.04 Å². The predicted octanol–water partition coefficient (Wildman–Crippen LogP) is 3.54. The van der Waals surface area contributed by atoms with Crippen LogP contribution in [0.3, 0.4) is 0 Å². The number of hydrogen-bond donors (Lipinski definition) is 1. The molecule has 1 aliphatic carbocycles. The minimum Gasteiger partial charge on any atom is -0.314 e. The molecule has 0 saturated heterocycles. The maximum absolute atomic E-state index is 3.53. The van der Waals surface area contributed by atoms with E-state index in [4.69, 9.17) is 0 Å². The van der Waals surface area contributed by atoms with Gasteiger partial charge in [0.05, 0.1) is 0 Å². The molecule has 1 saturated carbocycles. The summed E-state index contributed by atoms with van der Waals surface area (Å²) in [7, 11) is 0. The molecule has 1 aromatic carbocycles. The lowest BCUT2D eigenvalue weighted by Crippen LogP contribution is -2.16. The van der Waals surface area contributed by atoms with Crippen LogP contribution >= 0.6 is 0 Å². The molecule has 0 spiro atoms. The van der Waals surface area contributed by atoms with Crippen molar-refractivity contribution in [1.82, 2.24) is 5.32 Å². The number of allylic oxidation sites excluding steroid dienone is 1. The molecule has 0 heterocycles. The molecule has 1 aliphatic rings. The molecule has 1 heteroatoms. The summed E-state index contributed by atoms with van der Waals surface area (Å²) in [6.07, 6.45) is 6.22. The largest absolute Gasteiger partial charge is 0.314 e. The first kappa shape index (κ1) is 11.4. The Balaban J connectivity index is 1.84. The Labute approximate surface area is 98.6 Å². The SMILES string of the molecule is CC(=CCCNC1CC1)c1cccc(C)c1. The maximum atomic E-state index is 3.53. The zero-order valence-corrected chi connectivity index (χ0v) is 10.3. The van der Waals surface area contributed by atoms with E-state index in [2.05, 4.69) is 49.5 Å². The first-order valence-electron chi connectivity index (χ1n) is 6.23. The second-order valence-electron chi connectivity index (χ2n) is 4.77. The fourth-order valence-corrected chi connectivity index (χ4v) is 1.87. The van der Waals surface area contributed by atoms with Gasteiger partial charge in [-0.3, -0.25) is 0 Å². The van der Waals surface area contributed by atoms with Crippen LogP contribution in [-0.4, -0.2) is 12.6 Å². The van der Waals surface area contributed by atoms with Gasteiger partial charge in [0.15, 0.2) is 0 Å². The summed E-state index contributed by atoms with van der Waals surface area (Å²) in [6.45, 7) is 5.46. The van der Waals surface area contributed by atoms with Gasteiger partial charge in [-0.1, -0.05) is 35.9 Å². The molecule has 1 N–H and O–H groups in total. The molecular weight excluding hydrogens is 194 g/mol. The van der Waals surface area contributed by atoms with Gasteiger partial charge in [-0.05, 0) is 50.8 Å². The van der Waals surface area contributed by atoms with Crippen LogP contribution in [0.25, 0.3) is 5.57 Å². The average Bonchev–Trinajstić information content (AvgIpc) is 3.08. The van der Waals surface area contributed by atoms with Crippen molar-refractivity contribution < 1.29 is 0 Å². The van der Waals surface area contributed by atoms with Crippen molar-refractivity contribution in [3.05, 3.63) is 41.5 Å². The number of nitrogens with one attached hydrogen (secondary N) is 1. The summed E-state index contributed by atoms with van der Waals surface area (Å²) in [4.78, 5) is 0. The second-order valence-corrected chi connectivity index (χ2v) is 4.77. The van der Waals surface area contributed by atoms with E-state index in [0.717, 1.165) is 19.0 Å². The molecule has 16 heavy (non-hydrogen) atoms. The van der Waals surface area contributed by atoms with E-state index in [1.807, 2.05) is 0 Å². The Kier molecular flexibility index (Phi) is 3.79. The van der Waals surface area contributed by atoms with E-state index in [-0.39, 0.29) is 0 Å². The minimum atomic E-state index is 0.827. The van der Waals surface area contributed by atoms with E-state index in [1.165, 1.54) is 29.5 Å². The predicted molar refractivity (Wildman–Crippen MR) is 70.5 cm³/mol. The molecule has 1 fully saturated rings. The Morgan fingerprint density at radius 1 is 1.44 bits per heavy atom. The third-order valence-corrected chi connectivity index (χ3v) is 3.08. The Bertz CT molecular complexity index is 375. The second kappa shape index (κ2) is 5.31. The van der Waals surface area contributed by atoms with Gasteiger partial charge in [0.2, 0.25) is 0 Å². The number of hydrogen-bond acceptors (Lipinski definition) is 1. The van der Waals surface area contributed by atoms with Gasteiger partial charge >= 0.3 is 0 Å². The van der Waals surface area contributed by atoms with Gasteiger partial charge in [0.25, 0.3) is 0 Å². The lowest BCUT2D eigenvalue weighted by atomic mass is 10.0. The molecule has 0 atom stereocenters. The molecule has 2 rings (SSSR count). The highest BCUT2D eigenvalue weighted by atomic mass is 14.9. The van der Waals surface area contributed by atoms with Crippen LogP contribution in [0.2, 0.25) is 0 Å². The summed E-state index contributed by atoms with van der Waals surface area (Å²) in [6, 6.07) is 9.54. The van der Waals surface area contributed by atoms with Crippen LogP contribution in [0.15, 0.2) is 30.3 Å². The van der Waals surface area contributed by atoms with Crippen molar-refractivity contribution in [3.8, 4) is 0 Å². The van der Waals surface area contributed by atoms with Crippen molar-refractivity contribution in [2.75, 3.05) is 6.54 Å². The zero-order chi connectivity index (χ0) is 11.4. The van der Waals surface area contributed by atoms with Crippen LogP contribution in [0.4, 0.5) is 0 Å². The minimum absolute atomic E-state index is 0.827. The van der Waals surface area contributed by atoms with Crippen molar-refractivity contribution >= 4 is 5.57 Å². The zero-order valence-electron chi connectivity index (χ0n) is 10.3. The van der Waals surface area contributed by atoms with Crippen LogP contribution in [0.5, 0.6) is 0 Å². The van der Waals surface area contributed by atoms with Gasteiger partial charge in [-0.25, -0.2) is 0 Å². The summed E-state index contributed by atoms with van der Waals surface area (Å²) < 4.78 is 0. The van der Waals surface area contributed by atoms with E-state index in [0.29, 0.717) is 0 Å². The quantitative estimate of drug-likeness (QED) is 0.741. The molecule has 0 bridgehead atoms. The van der Waals surface area contributed by atoms with E-state index in [9.17, 15) is 0 Å². The summed E-state index contributed by atoms with van der Waals surface area (Å²) in [5.74, 6) is 0. The van der Waals surface area contributed by atoms with Crippen LogP contribution in [0, 0.1) is 6.92 Å². The number of rotatable bonds is 5. The fraction of sp³-hybridized carbons (Fsp3) is 0.467. The molecule has 0 amide bonds. The van der Waals surface area contributed by atoms with E-state index >= 15 is 0 Å². The Morgan fingerprint density at radius 3 is 2.94 bits per heavy atom. The highest BCUT2D eigenvalue weighted by molar-refractivity contribution is 5.64. The third-order valence-electron chi connectivity index (χ3n) is 3.08.